The highest BCUT2D eigenvalue weighted by Crippen LogP contribution is 2.30. The zero-order chi connectivity index (χ0) is 20.5. The van der Waals surface area contributed by atoms with Gasteiger partial charge in [0.05, 0.1) is 0 Å². The number of unbranched alkanes of at least 4 members (excludes halogenated alkanes) is 1. The van der Waals surface area contributed by atoms with Crippen LogP contribution < -0.4 is 4.74 Å². The van der Waals surface area contributed by atoms with Crippen LogP contribution in [-0.4, -0.2) is 17.4 Å². The van der Waals surface area contributed by atoms with Gasteiger partial charge in [0.1, 0.15) is 11.9 Å². The number of ether oxygens (including phenoxy) is 1. The molecule has 0 N–H and O–H groups in total. The molecule has 0 spiro atoms. The molecule has 0 aliphatic carbocycles. The molecule has 3 nitrogen and oxygen atoms in total. The van der Waals surface area contributed by atoms with Crippen molar-refractivity contribution in [3.63, 3.8) is 0 Å². The minimum Gasteiger partial charge on any atom is -0.485 e. The van der Waals surface area contributed by atoms with Crippen LogP contribution in [0.1, 0.15) is 60.0 Å². The lowest BCUT2D eigenvalue weighted by atomic mass is 10.1. The highest BCUT2D eigenvalue weighted by Gasteiger charge is 2.16. The zero-order valence-electron chi connectivity index (χ0n) is 17.2. The van der Waals surface area contributed by atoms with E-state index >= 15 is 0 Å². The quantitative estimate of drug-likeness (QED) is 0.373. The fourth-order valence-corrected chi connectivity index (χ4v) is 4.10. The van der Waals surface area contributed by atoms with E-state index in [1.54, 1.807) is 11.3 Å². The van der Waals surface area contributed by atoms with Gasteiger partial charge >= 0.3 is 0 Å². The van der Waals surface area contributed by atoms with E-state index in [2.05, 4.69) is 36.6 Å². The monoisotopic (exact) mass is 407 g/mol. The summed E-state index contributed by atoms with van der Waals surface area (Å²) in [5, 5.41) is 2.10. The van der Waals surface area contributed by atoms with Crippen molar-refractivity contribution in [2.24, 2.45) is 0 Å². The standard InChI is InChI=1S/C25H29NO2S/c1-3-5-15-23(24-16-10-17-29-24)28-22-14-9-11-20(18-22)19-26(4-2)25(27)21-12-7-6-8-13-21/h6-14,16-18,23H,3-5,15,19H2,1-2H3. The number of hydrogen-bond donors (Lipinski definition) is 0. The fraction of sp³-hybridized carbons (Fsp3) is 0.320. The van der Waals surface area contributed by atoms with Crippen molar-refractivity contribution in [3.05, 3.63) is 88.1 Å². The molecule has 0 radical (unpaired) electrons. The Bertz CT molecular complexity index is 877. The summed E-state index contributed by atoms with van der Waals surface area (Å²) in [6.45, 7) is 5.45. The summed E-state index contributed by atoms with van der Waals surface area (Å²) >= 11 is 1.74. The van der Waals surface area contributed by atoms with Crippen LogP contribution in [0.3, 0.4) is 0 Å². The fourth-order valence-electron chi connectivity index (χ4n) is 3.32. The first-order valence-corrected chi connectivity index (χ1v) is 11.2. The lowest BCUT2D eigenvalue weighted by Gasteiger charge is -2.22. The Labute approximate surface area is 178 Å². The molecular formula is C25H29NO2S. The average molecular weight is 408 g/mol. The molecule has 3 rings (SSSR count). The van der Waals surface area contributed by atoms with Crippen LogP contribution in [0.5, 0.6) is 5.75 Å². The topological polar surface area (TPSA) is 29.5 Å². The summed E-state index contributed by atoms with van der Waals surface area (Å²) in [6.07, 6.45) is 3.38. The Kier molecular flexibility index (Phi) is 7.88. The van der Waals surface area contributed by atoms with E-state index in [1.807, 2.05) is 54.3 Å². The van der Waals surface area contributed by atoms with Gasteiger partial charge in [0.2, 0.25) is 0 Å². The Morgan fingerprint density at radius 3 is 2.55 bits per heavy atom. The molecule has 2 aromatic carbocycles. The van der Waals surface area contributed by atoms with Crippen LogP contribution in [-0.2, 0) is 6.54 Å². The van der Waals surface area contributed by atoms with Gasteiger partial charge in [-0.25, -0.2) is 0 Å². The van der Waals surface area contributed by atoms with Gasteiger partial charge < -0.3 is 9.64 Å². The number of rotatable bonds is 10. The van der Waals surface area contributed by atoms with Crippen LogP contribution in [0, 0.1) is 0 Å². The van der Waals surface area contributed by atoms with E-state index in [0.29, 0.717) is 13.1 Å². The highest BCUT2D eigenvalue weighted by molar-refractivity contribution is 7.10. The number of benzene rings is 2. The van der Waals surface area contributed by atoms with Gasteiger partial charge in [-0.3, -0.25) is 4.79 Å². The molecule has 0 fully saturated rings. The lowest BCUT2D eigenvalue weighted by molar-refractivity contribution is 0.0752. The maximum Gasteiger partial charge on any atom is 0.254 e. The second-order valence-electron chi connectivity index (χ2n) is 7.10. The summed E-state index contributed by atoms with van der Waals surface area (Å²) in [4.78, 5) is 15.9. The van der Waals surface area contributed by atoms with Crippen molar-refractivity contribution >= 4 is 17.2 Å². The number of amides is 1. The van der Waals surface area contributed by atoms with E-state index in [-0.39, 0.29) is 12.0 Å². The molecule has 1 heterocycles. The Morgan fingerprint density at radius 2 is 1.86 bits per heavy atom. The molecule has 0 saturated heterocycles. The van der Waals surface area contributed by atoms with Crippen LogP contribution >= 0.6 is 11.3 Å². The van der Waals surface area contributed by atoms with Crippen LogP contribution in [0.15, 0.2) is 72.1 Å². The van der Waals surface area contributed by atoms with Crippen molar-refractivity contribution in [2.45, 2.75) is 45.8 Å². The molecule has 1 atom stereocenters. The third-order valence-corrected chi connectivity index (χ3v) is 5.88. The molecule has 0 saturated carbocycles. The normalized spacial score (nSPS) is 11.8. The molecular weight excluding hydrogens is 378 g/mol. The van der Waals surface area contributed by atoms with Crippen molar-refractivity contribution in [1.29, 1.82) is 0 Å². The van der Waals surface area contributed by atoms with Gasteiger partial charge in [0.15, 0.2) is 0 Å². The number of carbonyl (C=O) groups is 1. The molecule has 152 valence electrons. The molecule has 3 aromatic rings. The highest BCUT2D eigenvalue weighted by atomic mass is 32.1. The summed E-state index contributed by atoms with van der Waals surface area (Å²) < 4.78 is 6.37. The van der Waals surface area contributed by atoms with Gasteiger partial charge in [-0.05, 0) is 61.0 Å². The molecule has 1 unspecified atom stereocenters. The lowest BCUT2D eigenvalue weighted by Crippen LogP contribution is -2.30. The summed E-state index contributed by atoms with van der Waals surface area (Å²) in [7, 11) is 0. The van der Waals surface area contributed by atoms with Crippen LogP contribution in [0.2, 0.25) is 0 Å². The Morgan fingerprint density at radius 1 is 1.03 bits per heavy atom. The van der Waals surface area contributed by atoms with E-state index < -0.39 is 0 Å². The van der Waals surface area contributed by atoms with E-state index in [0.717, 1.165) is 36.1 Å². The number of carbonyl (C=O) groups excluding carboxylic acids is 1. The maximum atomic E-state index is 12.8. The number of thiophene rings is 1. The van der Waals surface area contributed by atoms with E-state index in [4.69, 9.17) is 4.74 Å². The third kappa shape index (κ3) is 5.94. The van der Waals surface area contributed by atoms with Crippen molar-refractivity contribution in [3.8, 4) is 5.75 Å². The molecule has 1 aromatic heterocycles. The number of nitrogens with zero attached hydrogens (tertiary/aromatic N) is 1. The largest absolute Gasteiger partial charge is 0.485 e. The van der Waals surface area contributed by atoms with E-state index in [1.165, 1.54) is 4.88 Å². The molecule has 0 aliphatic heterocycles. The molecule has 1 amide bonds. The van der Waals surface area contributed by atoms with Gasteiger partial charge in [-0.15, -0.1) is 11.3 Å². The average Bonchev–Trinajstić information content (AvgIpc) is 3.30. The molecule has 29 heavy (non-hydrogen) atoms. The van der Waals surface area contributed by atoms with Crippen molar-refractivity contribution in [2.75, 3.05) is 6.54 Å². The van der Waals surface area contributed by atoms with Gasteiger partial charge in [-0.1, -0.05) is 49.7 Å². The summed E-state index contributed by atoms with van der Waals surface area (Å²) in [6, 6.07) is 21.8. The first-order chi connectivity index (χ1) is 14.2. The molecule has 4 heteroatoms. The van der Waals surface area contributed by atoms with Crippen LogP contribution in [0.25, 0.3) is 0 Å². The Hall–Kier alpha value is -2.59. The van der Waals surface area contributed by atoms with Crippen molar-refractivity contribution < 1.29 is 9.53 Å². The minimum absolute atomic E-state index is 0.0545. The smallest absolute Gasteiger partial charge is 0.254 e. The minimum atomic E-state index is 0.0545. The first kappa shape index (κ1) is 21.1. The maximum absolute atomic E-state index is 12.8. The number of hydrogen-bond acceptors (Lipinski definition) is 3. The predicted molar refractivity (Wildman–Crippen MR) is 121 cm³/mol. The zero-order valence-corrected chi connectivity index (χ0v) is 18.0. The summed E-state index contributed by atoms with van der Waals surface area (Å²) in [5.41, 5.74) is 1.80. The first-order valence-electron chi connectivity index (χ1n) is 10.3. The Balaban J connectivity index is 1.71. The second kappa shape index (κ2) is 10.8. The van der Waals surface area contributed by atoms with Gasteiger partial charge in [0.25, 0.3) is 5.91 Å². The SMILES string of the molecule is CCCCC(Oc1cccc(CN(CC)C(=O)c2ccccc2)c1)c1cccs1. The van der Waals surface area contributed by atoms with Gasteiger partial charge in [-0.2, -0.15) is 0 Å². The third-order valence-electron chi connectivity index (χ3n) is 4.92. The second-order valence-corrected chi connectivity index (χ2v) is 8.08. The summed E-state index contributed by atoms with van der Waals surface area (Å²) in [5.74, 6) is 0.916. The van der Waals surface area contributed by atoms with Gasteiger partial charge in [0, 0.05) is 23.5 Å². The van der Waals surface area contributed by atoms with Crippen LogP contribution in [0.4, 0.5) is 0 Å². The van der Waals surface area contributed by atoms with Crippen molar-refractivity contribution in [1.82, 2.24) is 4.90 Å². The molecule has 0 bridgehead atoms. The van der Waals surface area contributed by atoms with E-state index in [9.17, 15) is 4.79 Å². The predicted octanol–water partition coefficient (Wildman–Crippen LogP) is 6.72. The molecule has 0 aliphatic rings.